The molecule has 2 rings (SSSR count). The lowest BCUT2D eigenvalue weighted by atomic mass is 9.99. The van der Waals surface area contributed by atoms with Crippen LogP contribution in [0, 0.1) is 5.92 Å². The quantitative estimate of drug-likeness (QED) is 0.764. The highest BCUT2D eigenvalue weighted by Gasteiger charge is 2.36. The minimum Gasteiger partial charge on any atom is -0.480 e. The van der Waals surface area contributed by atoms with E-state index in [4.69, 9.17) is 0 Å². The summed E-state index contributed by atoms with van der Waals surface area (Å²) in [5, 5.41) is 18.4. The molecule has 19 heavy (non-hydrogen) atoms. The Hall–Kier alpha value is -0.950. The van der Waals surface area contributed by atoms with Crippen molar-refractivity contribution in [3.05, 3.63) is 0 Å². The number of likely N-dealkylation sites (tertiary alicyclic amines) is 1. The maximum atomic E-state index is 12.4. The number of hydrogen-bond acceptors (Lipinski definition) is 4. The van der Waals surface area contributed by atoms with Crippen molar-refractivity contribution in [2.45, 2.75) is 18.9 Å². The first-order valence-electron chi connectivity index (χ1n) is 6.60. The second kappa shape index (κ2) is 6.47. The molecule has 6 nitrogen and oxygen atoms in total. The van der Waals surface area contributed by atoms with Crippen molar-refractivity contribution < 1.29 is 19.8 Å². The molecule has 2 aliphatic rings. The van der Waals surface area contributed by atoms with Crippen LogP contribution in [0.15, 0.2) is 0 Å². The van der Waals surface area contributed by atoms with Gasteiger partial charge in [-0.15, -0.1) is 0 Å². The largest absolute Gasteiger partial charge is 0.480 e. The number of piperidine rings is 1. The Morgan fingerprint density at radius 1 is 1.32 bits per heavy atom. The number of hydrogen-bond donors (Lipinski definition) is 2. The van der Waals surface area contributed by atoms with Gasteiger partial charge in [0, 0.05) is 37.7 Å². The fourth-order valence-corrected chi connectivity index (χ4v) is 3.64. The Bertz CT molecular complexity index is 353. The average molecular weight is 288 g/mol. The van der Waals surface area contributed by atoms with Crippen molar-refractivity contribution in [1.82, 2.24) is 9.80 Å². The Labute approximate surface area is 116 Å². The van der Waals surface area contributed by atoms with Crippen LogP contribution in [0.3, 0.4) is 0 Å². The summed E-state index contributed by atoms with van der Waals surface area (Å²) in [6, 6.07) is -0.911. The molecule has 2 N–H and O–H groups in total. The molecule has 0 aromatic rings. The monoisotopic (exact) mass is 288 g/mol. The lowest BCUT2D eigenvalue weighted by molar-refractivity contribution is -0.141. The van der Waals surface area contributed by atoms with Crippen molar-refractivity contribution in [3.63, 3.8) is 0 Å². The van der Waals surface area contributed by atoms with Gasteiger partial charge in [-0.1, -0.05) is 0 Å². The molecule has 2 saturated heterocycles. The molecule has 108 valence electrons. The number of carboxylic acids is 1. The van der Waals surface area contributed by atoms with E-state index in [0.717, 1.165) is 18.6 Å². The Kier molecular flexibility index (Phi) is 4.93. The van der Waals surface area contributed by atoms with Gasteiger partial charge in [0.2, 0.25) is 0 Å². The van der Waals surface area contributed by atoms with Crippen LogP contribution in [0.25, 0.3) is 0 Å². The third-order valence-electron chi connectivity index (χ3n) is 3.71. The van der Waals surface area contributed by atoms with Gasteiger partial charge in [-0.3, -0.25) is 0 Å². The summed E-state index contributed by atoms with van der Waals surface area (Å²) in [6.45, 7) is 1.76. The number of amides is 2. The highest BCUT2D eigenvalue weighted by atomic mass is 32.2. The topological polar surface area (TPSA) is 81.1 Å². The van der Waals surface area contributed by atoms with Crippen LogP contribution >= 0.6 is 11.8 Å². The van der Waals surface area contributed by atoms with Crippen LogP contribution in [0.5, 0.6) is 0 Å². The summed E-state index contributed by atoms with van der Waals surface area (Å²) in [4.78, 5) is 26.8. The SMILES string of the molecule is O=C(O)C1CSCCN1C(=O)N1CCCC(CO)C1. The molecule has 0 spiro atoms. The smallest absolute Gasteiger partial charge is 0.327 e. The van der Waals surface area contributed by atoms with Crippen molar-refractivity contribution in [2.75, 3.05) is 37.7 Å². The lowest BCUT2D eigenvalue weighted by Crippen LogP contribution is -2.56. The van der Waals surface area contributed by atoms with Gasteiger partial charge in [0.1, 0.15) is 6.04 Å². The predicted molar refractivity (Wildman–Crippen MR) is 72.2 cm³/mol. The van der Waals surface area contributed by atoms with E-state index < -0.39 is 12.0 Å². The van der Waals surface area contributed by atoms with Crippen LogP contribution in [-0.2, 0) is 4.79 Å². The molecule has 0 aromatic carbocycles. The van der Waals surface area contributed by atoms with Crippen LogP contribution in [0.4, 0.5) is 4.79 Å². The zero-order chi connectivity index (χ0) is 13.8. The molecule has 2 fully saturated rings. The predicted octanol–water partition coefficient (Wildman–Crippen LogP) is 0.313. The summed E-state index contributed by atoms with van der Waals surface area (Å²) < 4.78 is 0. The third kappa shape index (κ3) is 3.33. The van der Waals surface area contributed by atoms with Crippen LogP contribution in [-0.4, -0.2) is 75.8 Å². The minimum atomic E-state index is -0.934. The molecular formula is C12H20N2O4S. The number of carboxylic acid groups (broad SMARTS) is 1. The molecule has 0 radical (unpaired) electrons. The molecule has 0 aromatic heterocycles. The fourth-order valence-electron chi connectivity index (χ4n) is 2.61. The van der Waals surface area contributed by atoms with Gasteiger partial charge in [-0.2, -0.15) is 11.8 Å². The zero-order valence-corrected chi connectivity index (χ0v) is 11.6. The number of urea groups is 1. The summed E-state index contributed by atoms with van der Waals surface area (Å²) in [7, 11) is 0. The van der Waals surface area contributed by atoms with Gasteiger partial charge in [-0.05, 0) is 18.8 Å². The molecule has 0 bridgehead atoms. The number of aliphatic hydroxyl groups is 1. The van der Waals surface area contributed by atoms with E-state index >= 15 is 0 Å². The van der Waals surface area contributed by atoms with E-state index in [1.165, 1.54) is 4.90 Å². The number of thioether (sulfide) groups is 1. The lowest BCUT2D eigenvalue weighted by Gasteiger charge is -2.39. The maximum absolute atomic E-state index is 12.4. The Morgan fingerprint density at radius 3 is 2.79 bits per heavy atom. The van der Waals surface area contributed by atoms with E-state index in [1.54, 1.807) is 16.7 Å². The van der Waals surface area contributed by atoms with Crippen molar-refractivity contribution in [2.24, 2.45) is 5.92 Å². The standard InChI is InChI=1S/C12H20N2O4S/c15-7-9-2-1-3-13(6-9)12(18)14-4-5-19-8-10(14)11(16)17/h9-10,15H,1-8H2,(H,16,17). The maximum Gasteiger partial charge on any atom is 0.327 e. The Balaban J connectivity index is 2.02. The van der Waals surface area contributed by atoms with E-state index in [2.05, 4.69) is 0 Å². The molecule has 0 saturated carbocycles. The summed E-state index contributed by atoms with van der Waals surface area (Å²) >= 11 is 1.57. The average Bonchev–Trinajstić information content (AvgIpc) is 2.46. The number of aliphatic carboxylic acids is 1. The minimum absolute atomic E-state index is 0.0853. The molecule has 2 heterocycles. The van der Waals surface area contributed by atoms with Gasteiger partial charge >= 0.3 is 12.0 Å². The highest BCUT2D eigenvalue weighted by Crippen LogP contribution is 2.22. The second-order valence-corrected chi connectivity index (χ2v) is 6.19. The van der Waals surface area contributed by atoms with Gasteiger partial charge in [0.25, 0.3) is 0 Å². The third-order valence-corrected chi connectivity index (χ3v) is 4.73. The van der Waals surface area contributed by atoms with E-state index in [-0.39, 0.29) is 18.6 Å². The number of rotatable bonds is 2. The summed E-state index contributed by atoms with van der Waals surface area (Å²) in [5.41, 5.74) is 0. The first-order valence-corrected chi connectivity index (χ1v) is 7.76. The van der Waals surface area contributed by atoms with E-state index in [9.17, 15) is 19.8 Å². The number of aliphatic hydroxyl groups excluding tert-OH is 1. The van der Waals surface area contributed by atoms with Crippen LogP contribution in [0.2, 0.25) is 0 Å². The summed E-state index contributed by atoms with van der Waals surface area (Å²) in [5.74, 6) is 0.432. The highest BCUT2D eigenvalue weighted by molar-refractivity contribution is 7.99. The first-order chi connectivity index (χ1) is 9.13. The summed E-state index contributed by atoms with van der Waals surface area (Å²) in [6.07, 6.45) is 1.80. The van der Waals surface area contributed by atoms with Gasteiger partial charge in [0.05, 0.1) is 0 Å². The number of nitrogens with zero attached hydrogens (tertiary/aromatic N) is 2. The van der Waals surface area contributed by atoms with Gasteiger partial charge in [0.15, 0.2) is 0 Å². The number of carbonyl (C=O) groups excluding carboxylic acids is 1. The van der Waals surface area contributed by atoms with Crippen LogP contribution in [0.1, 0.15) is 12.8 Å². The van der Waals surface area contributed by atoms with E-state index in [1.807, 2.05) is 0 Å². The molecule has 2 unspecified atom stereocenters. The molecule has 0 aliphatic carbocycles. The molecule has 2 aliphatic heterocycles. The van der Waals surface area contributed by atoms with Crippen LogP contribution < -0.4 is 0 Å². The number of carbonyl (C=O) groups is 2. The molecule has 2 amide bonds. The second-order valence-electron chi connectivity index (χ2n) is 5.04. The first kappa shape index (κ1) is 14.5. The van der Waals surface area contributed by atoms with Crippen molar-refractivity contribution in [1.29, 1.82) is 0 Å². The molecule has 2 atom stereocenters. The van der Waals surface area contributed by atoms with Gasteiger partial charge < -0.3 is 20.0 Å². The van der Waals surface area contributed by atoms with Crippen molar-refractivity contribution >= 4 is 23.8 Å². The van der Waals surface area contributed by atoms with Gasteiger partial charge in [-0.25, -0.2) is 9.59 Å². The van der Waals surface area contributed by atoms with Crippen molar-refractivity contribution in [3.8, 4) is 0 Å². The zero-order valence-electron chi connectivity index (χ0n) is 10.8. The molecule has 7 heteroatoms. The molecular weight excluding hydrogens is 268 g/mol. The normalized spacial score (nSPS) is 28.3. The Morgan fingerprint density at radius 2 is 2.11 bits per heavy atom. The fraction of sp³-hybridized carbons (Fsp3) is 0.833. The van der Waals surface area contributed by atoms with E-state index in [0.29, 0.717) is 25.4 Å².